The third-order valence-corrected chi connectivity index (χ3v) is 5.02. The molecule has 0 spiro atoms. The Kier molecular flexibility index (Phi) is 6.36. The van der Waals surface area contributed by atoms with Crippen LogP contribution in [0.5, 0.6) is 5.75 Å². The van der Waals surface area contributed by atoms with Crippen molar-refractivity contribution in [2.45, 2.75) is 18.4 Å². The summed E-state index contributed by atoms with van der Waals surface area (Å²) in [6, 6.07) is 7.54. The van der Waals surface area contributed by atoms with Gasteiger partial charge < -0.3 is 20.1 Å². The summed E-state index contributed by atoms with van der Waals surface area (Å²) in [4.78, 5) is 12.7. The van der Waals surface area contributed by atoms with E-state index < -0.39 is 0 Å². The summed E-state index contributed by atoms with van der Waals surface area (Å²) in [5.74, 6) is 0.871. The second-order valence-corrected chi connectivity index (χ2v) is 6.94. The topological polar surface area (TPSA) is 77.4 Å². The first-order valence-corrected chi connectivity index (χ1v) is 9.03. The molecule has 8 heteroatoms. The van der Waals surface area contributed by atoms with Crippen molar-refractivity contribution in [1.29, 1.82) is 0 Å². The third-order valence-electron chi connectivity index (χ3n) is 5.02. The van der Waals surface area contributed by atoms with Crippen LogP contribution in [0.1, 0.15) is 17.9 Å². The second-order valence-electron chi connectivity index (χ2n) is 6.94. The van der Waals surface area contributed by atoms with Crippen molar-refractivity contribution in [1.82, 2.24) is 15.1 Å². The van der Waals surface area contributed by atoms with Crippen LogP contribution in [0.25, 0.3) is 0 Å². The average Bonchev–Trinajstić information content (AvgIpc) is 3.37. The molecule has 146 valence electrons. The molecule has 4 rings (SSSR count). The number of hydrogen-bond acceptors (Lipinski definition) is 5. The highest BCUT2D eigenvalue weighted by atomic mass is 35.5. The lowest BCUT2D eigenvalue weighted by Crippen LogP contribution is -2.28. The molecule has 7 nitrogen and oxygen atoms in total. The maximum absolute atomic E-state index is 12.7. The molecular weight excluding hydrogens is 368 g/mol. The summed E-state index contributed by atoms with van der Waals surface area (Å²) in [5.41, 5.74) is 1.88. The molecule has 27 heavy (non-hydrogen) atoms. The number of amides is 1. The van der Waals surface area contributed by atoms with E-state index in [4.69, 9.17) is 9.47 Å². The molecule has 1 aromatic heterocycles. The van der Waals surface area contributed by atoms with E-state index in [1.165, 1.54) is 0 Å². The monoisotopic (exact) mass is 392 g/mol. The highest BCUT2D eigenvalue weighted by molar-refractivity contribution is 5.93. The van der Waals surface area contributed by atoms with Crippen LogP contribution in [-0.4, -0.2) is 48.1 Å². The van der Waals surface area contributed by atoms with Gasteiger partial charge in [-0.15, -0.1) is 12.4 Å². The van der Waals surface area contributed by atoms with Gasteiger partial charge >= 0.3 is 0 Å². The first-order chi connectivity index (χ1) is 12.7. The number of ether oxygens (including phenoxy) is 2. The van der Waals surface area contributed by atoms with Crippen LogP contribution in [-0.2, 0) is 16.6 Å². The fourth-order valence-electron chi connectivity index (χ4n) is 3.59. The Morgan fingerprint density at radius 3 is 2.81 bits per heavy atom. The predicted molar refractivity (Wildman–Crippen MR) is 104 cm³/mol. The summed E-state index contributed by atoms with van der Waals surface area (Å²) in [6.07, 6.45) is 4.87. The smallest absolute Gasteiger partial charge is 0.229 e. The zero-order chi connectivity index (χ0) is 17.9. The number of nitrogens with one attached hydrogen (secondary N) is 2. The predicted octanol–water partition coefficient (Wildman–Crippen LogP) is 1.95. The molecule has 1 amide bonds. The number of aromatic nitrogens is 2. The quantitative estimate of drug-likeness (QED) is 0.813. The lowest BCUT2D eigenvalue weighted by molar-refractivity contribution is -0.119. The first-order valence-electron chi connectivity index (χ1n) is 9.03. The molecule has 2 fully saturated rings. The summed E-state index contributed by atoms with van der Waals surface area (Å²) < 4.78 is 12.9. The van der Waals surface area contributed by atoms with Crippen molar-refractivity contribution in [3.8, 4) is 5.75 Å². The van der Waals surface area contributed by atoms with Gasteiger partial charge in [0.1, 0.15) is 11.9 Å². The number of carbonyl (C=O) groups excluding carboxylic acids is 1. The van der Waals surface area contributed by atoms with Crippen LogP contribution in [0.3, 0.4) is 0 Å². The van der Waals surface area contributed by atoms with Crippen molar-refractivity contribution in [3.63, 3.8) is 0 Å². The van der Waals surface area contributed by atoms with Crippen molar-refractivity contribution >= 4 is 24.0 Å². The number of benzene rings is 1. The molecule has 0 saturated carbocycles. The van der Waals surface area contributed by atoms with Crippen molar-refractivity contribution < 1.29 is 14.3 Å². The molecule has 0 aliphatic carbocycles. The van der Waals surface area contributed by atoms with Gasteiger partial charge in [0.05, 0.1) is 25.3 Å². The number of halogens is 1. The largest absolute Gasteiger partial charge is 0.488 e. The van der Waals surface area contributed by atoms with Crippen LogP contribution < -0.4 is 15.4 Å². The van der Waals surface area contributed by atoms with Gasteiger partial charge in [0.25, 0.3) is 0 Å². The first kappa shape index (κ1) is 19.7. The van der Waals surface area contributed by atoms with Gasteiger partial charge in [-0.25, -0.2) is 0 Å². The van der Waals surface area contributed by atoms with Gasteiger partial charge in [-0.3, -0.25) is 9.48 Å². The molecule has 2 saturated heterocycles. The molecule has 2 aliphatic heterocycles. The minimum Gasteiger partial charge on any atom is -0.488 e. The maximum Gasteiger partial charge on any atom is 0.229 e. The van der Waals surface area contributed by atoms with E-state index in [-0.39, 0.29) is 36.3 Å². The van der Waals surface area contributed by atoms with Crippen molar-refractivity contribution in [3.05, 3.63) is 42.2 Å². The summed E-state index contributed by atoms with van der Waals surface area (Å²) in [6.45, 7) is 2.86. The molecular formula is C19H25ClN4O3. The number of rotatable bonds is 5. The van der Waals surface area contributed by atoms with E-state index in [1.54, 1.807) is 4.68 Å². The van der Waals surface area contributed by atoms with Gasteiger partial charge in [-0.05, 0) is 29.8 Å². The van der Waals surface area contributed by atoms with Gasteiger partial charge in [-0.1, -0.05) is 0 Å². The summed E-state index contributed by atoms with van der Waals surface area (Å²) >= 11 is 0. The van der Waals surface area contributed by atoms with E-state index in [2.05, 4.69) is 15.7 Å². The Balaban J connectivity index is 0.00000210. The van der Waals surface area contributed by atoms with E-state index in [0.717, 1.165) is 36.6 Å². The third kappa shape index (κ3) is 4.61. The summed E-state index contributed by atoms with van der Waals surface area (Å²) in [5, 5.41) is 10.6. The van der Waals surface area contributed by atoms with E-state index in [0.29, 0.717) is 13.2 Å². The lowest BCUT2D eigenvalue weighted by atomic mass is 9.90. The molecule has 2 aromatic rings. The SMILES string of the molecule is Cl.Cn1cc([C@H]2CNC[C@@H]2C(=O)Nc2ccc(OC3CCOC3)cc2)cn1. The molecule has 1 unspecified atom stereocenters. The Morgan fingerprint density at radius 2 is 2.15 bits per heavy atom. The number of nitrogens with zero attached hydrogens (tertiary/aromatic N) is 2. The normalized spacial score (nSPS) is 24.4. The molecule has 0 radical (unpaired) electrons. The molecule has 3 heterocycles. The highest BCUT2D eigenvalue weighted by Gasteiger charge is 2.34. The molecule has 2 aliphatic rings. The highest BCUT2D eigenvalue weighted by Crippen LogP contribution is 2.29. The van der Waals surface area contributed by atoms with Crippen molar-refractivity contribution in [2.75, 3.05) is 31.6 Å². The number of aryl methyl sites for hydroxylation is 1. The van der Waals surface area contributed by atoms with Crippen LogP contribution in [0.4, 0.5) is 5.69 Å². The van der Waals surface area contributed by atoms with Gasteiger partial charge in [-0.2, -0.15) is 5.10 Å². The number of anilines is 1. The van der Waals surface area contributed by atoms with Crippen LogP contribution in [0, 0.1) is 5.92 Å². The van der Waals surface area contributed by atoms with E-state index in [9.17, 15) is 4.79 Å². The Hall–Kier alpha value is -2.09. The van der Waals surface area contributed by atoms with Gasteiger partial charge in [0.2, 0.25) is 5.91 Å². The molecule has 1 aromatic carbocycles. The Morgan fingerprint density at radius 1 is 1.33 bits per heavy atom. The average molecular weight is 393 g/mol. The maximum atomic E-state index is 12.7. The molecule has 0 bridgehead atoms. The van der Waals surface area contributed by atoms with Gasteiger partial charge in [0.15, 0.2) is 0 Å². The molecule has 2 N–H and O–H groups in total. The lowest BCUT2D eigenvalue weighted by Gasteiger charge is -2.17. The van der Waals surface area contributed by atoms with Crippen molar-refractivity contribution in [2.24, 2.45) is 13.0 Å². The standard InChI is InChI=1S/C19H24N4O3.ClH/c1-23-11-13(8-21-23)17-9-20-10-18(17)19(24)22-14-2-4-15(5-3-14)26-16-6-7-25-12-16;/h2-5,8,11,16-18,20H,6-7,9-10,12H2,1H3,(H,22,24);1H/t16?,17-,18+;/m1./s1. The zero-order valence-corrected chi connectivity index (χ0v) is 16.1. The zero-order valence-electron chi connectivity index (χ0n) is 15.3. The van der Waals surface area contributed by atoms with Crippen LogP contribution in [0.2, 0.25) is 0 Å². The minimum absolute atomic E-state index is 0. The fraction of sp³-hybridized carbons (Fsp3) is 0.474. The second kappa shape index (κ2) is 8.73. The summed E-state index contributed by atoms with van der Waals surface area (Å²) in [7, 11) is 1.89. The van der Waals surface area contributed by atoms with Gasteiger partial charge in [0, 0.05) is 44.4 Å². The number of carbonyl (C=O) groups is 1. The molecule has 3 atom stereocenters. The van der Waals surface area contributed by atoms with E-state index in [1.807, 2.05) is 43.7 Å². The number of hydrogen-bond donors (Lipinski definition) is 2. The fourth-order valence-corrected chi connectivity index (χ4v) is 3.59. The minimum atomic E-state index is -0.106. The van der Waals surface area contributed by atoms with E-state index >= 15 is 0 Å². The Bertz CT molecular complexity index is 759. The Labute approximate surface area is 164 Å². The van der Waals surface area contributed by atoms with Crippen LogP contribution in [0.15, 0.2) is 36.7 Å². The van der Waals surface area contributed by atoms with Crippen LogP contribution >= 0.6 is 12.4 Å².